The lowest BCUT2D eigenvalue weighted by molar-refractivity contribution is -0.116. The van der Waals surface area contributed by atoms with Gasteiger partial charge in [0.2, 0.25) is 5.91 Å². The number of hydrogen-bond donors (Lipinski definition) is 1. The van der Waals surface area contributed by atoms with Gasteiger partial charge < -0.3 is 14.6 Å². The number of anilines is 1. The molecule has 0 saturated carbocycles. The zero-order chi connectivity index (χ0) is 22.0. The molecular formula is C23H28N4O3S. The van der Waals surface area contributed by atoms with Crippen molar-refractivity contribution in [1.29, 1.82) is 5.26 Å². The van der Waals surface area contributed by atoms with E-state index in [1.807, 2.05) is 6.92 Å². The van der Waals surface area contributed by atoms with Crippen LogP contribution in [0.25, 0.3) is 0 Å². The summed E-state index contributed by atoms with van der Waals surface area (Å²) in [6.07, 6.45) is 3.38. The average Bonchev–Trinajstić information content (AvgIpc) is 3.34. The van der Waals surface area contributed by atoms with Gasteiger partial charge in [0.15, 0.2) is 5.76 Å². The van der Waals surface area contributed by atoms with Gasteiger partial charge in [0.25, 0.3) is 5.91 Å². The number of piperazine rings is 1. The summed E-state index contributed by atoms with van der Waals surface area (Å²) in [5.74, 6) is 1.60. The van der Waals surface area contributed by atoms with Crippen molar-refractivity contribution in [2.45, 2.75) is 39.5 Å². The van der Waals surface area contributed by atoms with Crippen LogP contribution in [0.2, 0.25) is 0 Å². The first-order chi connectivity index (χ1) is 14.9. The van der Waals surface area contributed by atoms with Crippen molar-refractivity contribution >= 4 is 28.2 Å². The van der Waals surface area contributed by atoms with Gasteiger partial charge in [0.1, 0.15) is 16.8 Å². The molecule has 2 aromatic rings. The molecule has 1 N–H and O–H groups in total. The molecule has 31 heavy (non-hydrogen) atoms. The van der Waals surface area contributed by atoms with Crippen LogP contribution in [-0.2, 0) is 17.6 Å². The van der Waals surface area contributed by atoms with Crippen molar-refractivity contribution < 1.29 is 14.0 Å². The number of carbonyl (C=O) groups excluding carboxylic acids is 2. The molecule has 8 heteroatoms. The van der Waals surface area contributed by atoms with Crippen LogP contribution < -0.4 is 5.32 Å². The number of furan rings is 1. The zero-order valence-corrected chi connectivity index (χ0v) is 18.9. The van der Waals surface area contributed by atoms with E-state index in [1.165, 1.54) is 4.88 Å². The van der Waals surface area contributed by atoms with Crippen molar-refractivity contribution in [3.63, 3.8) is 0 Å². The van der Waals surface area contributed by atoms with Crippen molar-refractivity contribution in [3.05, 3.63) is 39.7 Å². The second-order valence-corrected chi connectivity index (χ2v) is 9.62. The number of aryl methyl sites for hydroxylation is 1. The van der Waals surface area contributed by atoms with Gasteiger partial charge in [0, 0.05) is 44.0 Å². The molecule has 1 fully saturated rings. The molecule has 0 spiro atoms. The van der Waals surface area contributed by atoms with Gasteiger partial charge in [-0.05, 0) is 49.8 Å². The van der Waals surface area contributed by atoms with Crippen LogP contribution in [0.3, 0.4) is 0 Å². The summed E-state index contributed by atoms with van der Waals surface area (Å²) >= 11 is 1.56. The standard InChI is InChI=1S/C23H28N4O3S/c1-15-3-5-17-18(14-24)22(31-20(17)13-15)25-21(28)7-8-26-9-11-27(12-10-26)23(29)19-6-4-16(2)30-19/h4,6,15H,3,5,7-13H2,1-2H3,(H,25,28). The van der Waals surface area contributed by atoms with Crippen LogP contribution in [-0.4, -0.2) is 54.3 Å². The minimum absolute atomic E-state index is 0.0623. The number of nitriles is 1. The summed E-state index contributed by atoms with van der Waals surface area (Å²) in [5, 5.41) is 13.3. The topological polar surface area (TPSA) is 89.6 Å². The number of amides is 2. The van der Waals surface area contributed by atoms with E-state index in [0.29, 0.717) is 48.3 Å². The summed E-state index contributed by atoms with van der Waals surface area (Å²) < 4.78 is 5.44. The zero-order valence-electron chi connectivity index (χ0n) is 18.1. The van der Waals surface area contributed by atoms with E-state index >= 15 is 0 Å². The highest BCUT2D eigenvalue weighted by Crippen LogP contribution is 2.39. The van der Waals surface area contributed by atoms with E-state index in [9.17, 15) is 14.9 Å². The van der Waals surface area contributed by atoms with E-state index < -0.39 is 0 Å². The predicted octanol–water partition coefficient (Wildman–Crippen LogP) is 3.43. The smallest absolute Gasteiger partial charge is 0.289 e. The van der Waals surface area contributed by atoms with Gasteiger partial charge >= 0.3 is 0 Å². The van der Waals surface area contributed by atoms with Crippen LogP contribution in [0.1, 0.15) is 52.1 Å². The number of rotatable bonds is 5. The predicted molar refractivity (Wildman–Crippen MR) is 119 cm³/mol. The molecule has 0 bridgehead atoms. The Hall–Kier alpha value is -2.63. The molecule has 1 aliphatic carbocycles. The van der Waals surface area contributed by atoms with Crippen molar-refractivity contribution in [3.8, 4) is 6.07 Å². The average molecular weight is 441 g/mol. The third-order valence-corrected chi connectivity index (χ3v) is 7.31. The lowest BCUT2D eigenvalue weighted by Gasteiger charge is -2.34. The molecule has 1 atom stereocenters. The van der Waals surface area contributed by atoms with Gasteiger partial charge in [-0.15, -0.1) is 11.3 Å². The summed E-state index contributed by atoms with van der Waals surface area (Å²) in [6, 6.07) is 5.81. The van der Waals surface area contributed by atoms with E-state index in [0.717, 1.165) is 43.7 Å². The van der Waals surface area contributed by atoms with Gasteiger partial charge in [-0.1, -0.05) is 6.92 Å². The number of fused-ring (bicyclic) bond motifs is 1. The highest BCUT2D eigenvalue weighted by molar-refractivity contribution is 7.16. The number of thiophene rings is 1. The molecule has 1 aliphatic heterocycles. The fourth-order valence-corrected chi connectivity index (χ4v) is 5.66. The Labute approximate surface area is 186 Å². The van der Waals surface area contributed by atoms with E-state index in [1.54, 1.807) is 28.4 Å². The van der Waals surface area contributed by atoms with E-state index in [2.05, 4.69) is 23.2 Å². The van der Waals surface area contributed by atoms with Crippen LogP contribution in [0.4, 0.5) is 5.00 Å². The molecular weight excluding hydrogens is 412 g/mol. The van der Waals surface area contributed by atoms with Gasteiger partial charge in [0.05, 0.1) is 5.56 Å². The summed E-state index contributed by atoms with van der Waals surface area (Å²) in [4.78, 5) is 30.3. The van der Waals surface area contributed by atoms with Gasteiger partial charge in [-0.25, -0.2) is 0 Å². The van der Waals surface area contributed by atoms with Gasteiger partial charge in [-0.2, -0.15) is 5.26 Å². The molecule has 164 valence electrons. The number of nitrogens with zero attached hydrogens (tertiary/aromatic N) is 3. The summed E-state index contributed by atoms with van der Waals surface area (Å²) in [7, 11) is 0. The molecule has 2 amide bonds. The summed E-state index contributed by atoms with van der Waals surface area (Å²) in [6.45, 7) is 7.39. The fraction of sp³-hybridized carbons (Fsp3) is 0.522. The Morgan fingerprint density at radius 3 is 2.74 bits per heavy atom. The first-order valence-corrected chi connectivity index (χ1v) is 11.7. The third kappa shape index (κ3) is 4.83. The molecule has 4 rings (SSSR count). The Kier molecular flexibility index (Phi) is 6.44. The molecule has 1 unspecified atom stereocenters. The lowest BCUT2D eigenvalue weighted by atomic mass is 9.89. The highest BCUT2D eigenvalue weighted by Gasteiger charge is 2.26. The number of nitrogens with one attached hydrogen (secondary N) is 1. The number of carbonyl (C=O) groups is 2. The molecule has 0 aromatic carbocycles. The van der Waals surface area contributed by atoms with Crippen molar-refractivity contribution in [2.24, 2.45) is 5.92 Å². The van der Waals surface area contributed by atoms with Crippen LogP contribution in [0, 0.1) is 24.2 Å². The molecule has 3 heterocycles. The van der Waals surface area contributed by atoms with Crippen LogP contribution in [0.15, 0.2) is 16.5 Å². The quantitative estimate of drug-likeness (QED) is 0.769. The minimum Gasteiger partial charge on any atom is -0.456 e. The fourth-order valence-electron chi connectivity index (χ4n) is 4.29. The maximum absolute atomic E-state index is 12.5. The highest BCUT2D eigenvalue weighted by atomic mass is 32.1. The second kappa shape index (κ2) is 9.25. The maximum atomic E-state index is 12.5. The van der Waals surface area contributed by atoms with Crippen LogP contribution >= 0.6 is 11.3 Å². The Morgan fingerprint density at radius 2 is 2.06 bits per heavy atom. The molecule has 2 aromatic heterocycles. The van der Waals surface area contributed by atoms with E-state index in [4.69, 9.17) is 4.42 Å². The number of hydrogen-bond acceptors (Lipinski definition) is 6. The summed E-state index contributed by atoms with van der Waals surface area (Å²) in [5.41, 5.74) is 1.79. The lowest BCUT2D eigenvalue weighted by Crippen LogP contribution is -2.49. The Bertz CT molecular complexity index is 1010. The van der Waals surface area contributed by atoms with E-state index in [-0.39, 0.29) is 11.8 Å². The molecule has 1 saturated heterocycles. The minimum atomic E-state index is -0.0782. The second-order valence-electron chi connectivity index (χ2n) is 8.51. The maximum Gasteiger partial charge on any atom is 0.289 e. The largest absolute Gasteiger partial charge is 0.456 e. The Morgan fingerprint density at radius 1 is 1.29 bits per heavy atom. The third-order valence-electron chi connectivity index (χ3n) is 6.14. The molecule has 2 aliphatic rings. The normalized spacial score (nSPS) is 19.0. The van der Waals surface area contributed by atoms with Crippen molar-refractivity contribution in [2.75, 3.05) is 38.0 Å². The monoisotopic (exact) mass is 440 g/mol. The Balaban J connectivity index is 1.26. The van der Waals surface area contributed by atoms with Gasteiger partial charge in [-0.3, -0.25) is 14.5 Å². The molecule has 0 radical (unpaired) electrons. The first-order valence-electron chi connectivity index (χ1n) is 10.9. The SMILES string of the molecule is Cc1ccc(C(=O)N2CCN(CCC(=O)Nc3sc4c(c3C#N)CCC(C)C4)CC2)o1. The molecule has 7 nitrogen and oxygen atoms in total. The van der Waals surface area contributed by atoms with Crippen LogP contribution in [0.5, 0.6) is 0 Å². The van der Waals surface area contributed by atoms with Crippen molar-refractivity contribution in [1.82, 2.24) is 9.80 Å². The first kappa shape index (κ1) is 21.6.